The molecule has 0 spiro atoms. The summed E-state index contributed by atoms with van der Waals surface area (Å²) < 4.78 is 0.907. The van der Waals surface area contributed by atoms with E-state index < -0.39 is 0 Å². The normalized spacial score (nSPS) is 10.2. The van der Waals surface area contributed by atoms with E-state index in [4.69, 9.17) is 0 Å². The number of amides is 1. The Morgan fingerprint density at radius 3 is 2.71 bits per heavy atom. The summed E-state index contributed by atoms with van der Waals surface area (Å²) in [5, 5.41) is 2.79. The fraction of sp³-hybridized carbons (Fsp3) is 0.188. The number of ketones is 1. The topological polar surface area (TPSA) is 59.1 Å². The minimum Gasteiger partial charge on any atom is -0.326 e. The molecule has 4 nitrogen and oxygen atoms in total. The van der Waals surface area contributed by atoms with Crippen LogP contribution in [0.5, 0.6) is 0 Å². The van der Waals surface area contributed by atoms with E-state index in [0.717, 1.165) is 15.7 Å². The molecule has 2 rings (SSSR count). The molecule has 1 heterocycles. The second-order valence-corrected chi connectivity index (χ2v) is 5.65. The van der Waals surface area contributed by atoms with Crippen molar-refractivity contribution in [1.82, 2.24) is 4.98 Å². The monoisotopic (exact) mass is 346 g/mol. The highest BCUT2D eigenvalue weighted by atomic mass is 79.9. The van der Waals surface area contributed by atoms with Crippen molar-refractivity contribution in [2.24, 2.45) is 0 Å². The van der Waals surface area contributed by atoms with E-state index >= 15 is 0 Å². The molecular formula is C16H15BrN2O2. The van der Waals surface area contributed by atoms with Gasteiger partial charge >= 0.3 is 0 Å². The maximum Gasteiger partial charge on any atom is 0.224 e. The van der Waals surface area contributed by atoms with Gasteiger partial charge in [0, 0.05) is 41.0 Å². The Morgan fingerprint density at radius 2 is 2.05 bits per heavy atom. The summed E-state index contributed by atoms with van der Waals surface area (Å²) in [5.74, 6) is -0.256. The Bertz CT molecular complexity index is 636. The number of nitrogens with zero attached hydrogens (tertiary/aromatic N) is 1. The smallest absolute Gasteiger partial charge is 0.224 e. The summed E-state index contributed by atoms with van der Waals surface area (Å²) in [6.45, 7) is 1.95. The number of nitrogens with one attached hydrogen (secondary N) is 1. The zero-order valence-corrected chi connectivity index (χ0v) is 13.2. The van der Waals surface area contributed by atoms with Crippen LogP contribution in [-0.2, 0) is 4.79 Å². The highest BCUT2D eigenvalue weighted by molar-refractivity contribution is 9.10. The number of Topliss-reactive ketones (excluding diaryl/α,β-unsaturated/α-hetero) is 1. The molecule has 1 N–H and O–H groups in total. The summed E-state index contributed by atoms with van der Waals surface area (Å²) in [7, 11) is 0. The molecule has 0 bridgehead atoms. The number of pyridine rings is 1. The molecule has 0 saturated carbocycles. The third-order valence-electron chi connectivity index (χ3n) is 2.89. The number of hydrogen-bond donors (Lipinski definition) is 1. The molecule has 1 aromatic carbocycles. The second-order valence-electron chi connectivity index (χ2n) is 4.73. The predicted molar refractivity (Wildman–Crippen MR) is 85.3 cm³/mol. The lowest BCUT2D eigenvalue weighted by Crippen LogP contribution is -2.13. The van der Waals surface area contributed by atoms with Crippen molar-refractivity contribution < 1.29 is 9.59 Å². The molecule has 21 heavy (non-hydrogen) atoms. The molecule has 0 aliphatic carbocycles. The molecule has 0 unspecified atom stereocenters. The van der Waals surface area contributed by atoms with Gasteiger partial charge in [0.1, 0.15) is 0 Å². The van der Waals surface area contributed by atoms with Gasteiger partial charge in [-0.05, 0) is 42.8 Å². The van der Waals surface area contributed by atoms with Crippen LogP contribution in [0.3, 0.4) is 0 Å². The first-order chi connectivity index (χ1) is 10.0. The van der Waals surface area contributed by atoms with E-state index in [1.54, 1.807) is 18.3 Å². The molecule has 0 radical (unpaired) electrons. The average Bonchev–Trinajstić information content (AvgIpc) is 2.44. The number of carbonyl (C=O) groups is 2. The third-order valence-corrected chi connectivity index (χ3v) is 3.35. The number of hydrogen-bond acceptors (Lipinski definition) is 3. The summed E-state index contributed by atoms with van der Waals surface area (Å²) in [6, 6.07) is 9.07. The van der Waals surface area contributed by atoms with Crippen LogP contribution in [0.25, 0.3) is 0 Å². The van der Waals surface area contributed by atoms with Gasteiger partial charge < -0.3 is 5.32 Å². The third kappa shape index (κ3) is 4.79. The number of rotatable bonds is 5. The fourth-order valence-electron chi connectivity index (χ4n) is 1.93. The Labute approximate surface area is 131 Å². The molecule has 108 valence electrons. The first-order valence-electron chi connectivity index (χ1n) is 6.55. The summed E-state index contributed by atoms with van der Waals surface area (Å²) in [5.41, 5.74) is 2.30. The lowest BCUT2D eigenvalue weighted by molar-refractivity contribution is -0.116. The van der Waals surface area contributed by atoms with Crippen LogP contribution >= 0.6 is 15.9 Å². The van der Waals surface area contributed by atoms with Crippen molar-refractivity contribution in [2.75, 3.05) is 5.32 Å². The highest BCUT2D eigenvalue weighted by Gasteiger charge is 2.10. The quantitative estimate of drug-likeness (QED) is 0.838. The Hall–Kier alpha value is -2.01. The van der Waals surface area contributed by atoms with E-state index in [1.807, 2.05) is 25.1 Å². The van der Waals surface area contributed by atoms with Gasteiger partial charge in [0.2, 0.25) is 5.91 Å². The number of anilines is 1. The zero-order valence-electron chi connectivity index (χ0n) is 11.6. The van der Waals surface area contributed by atoms with Crippen LogP contribution in [0, 0.1) is 6.92 Å². The maximum atomic E-state index is 11.9. The maximum absolute atomic E-state index is 11.9. The molecule has 0 aliphatic heterocycles. The van der Waals surface area contributed by atoms with E-state index in [-0.39, 0.29) is 24.5 Å². The minimum atomic E-state index is -0.176. The van der Waals surface area contributed by atoms with Gasteiger partial charge in [-0.3, -0.25) is 14.6 Å². The summed E-state index contributed by atoms with van der Waals surface area (Å²) >= 11 is 3.38. The molecule has 0 aliphatic rings. The second kappa shape index (κ2) is 7.13. The van der Waals surface area contributed by atoms with Crippen molar-refractivity contribution in [2.45, 2.75) is 19.8 Å². The lowest BCUT2D eigenvalue weighted by atomic mass is 10.1. The van der Waals surface area contributed by atoms with E-state index in [0.29, 0.717) is 5.56 Å². The van der Waals surface area contributed by atoms with E-state index in [1.165, 1.54) is 6.20 Å². The van der Waals surface area contributed by atoms with E-state index in [9.17, 15) is 9.59 Å². The average molecular weight is 347 g/mol. The summed E-state index contributed by atoms with van der Waals surface area (Å²) in [4.78, 5) is 27.7. The zero-order chi connectivity index (χ0) is 15.2. The van der Waals surface area contributed by atoms with Gasteiger partial charge in [0.05, 0.1) is 0 Å². The Balaban J connectivity index is 1.89. The largest absolute Gasteiger partial charge is 0.326 e. The van der Waals surface area contributed by atoms with Crippen LogP contribution < -0.4 is 5.32 Å². The Morgan fingerprint density at radius 1 is 1.24 bits per heavy atom. The van der Waals surface area contributed by atoms with Crippen LogP contribution in [-0.4, -0.2) is 16.7 Å². The van der Waals surface area contributed by atoms with Crippen LogP contribution in [0.4, 0.5) is 5.69 Å². The molecule has 0 saturated heterocycles. The number of carbonyl (C=O) groups excluding carboxylic acids is 2. The molecule has 0 fully saturated rings. The van der Waals surface area contributed by atoms with Gasteiger partial charge in [-0.25, -0.2) is 0 Å². The Kier molecular flexibility index (Phi) is 5.22. The van der Waals surface area contributed by atoms with Gasteiger partial charge in [0.25, 0.3) is 0 Å². The molecule has 0 atom stereocenters. The van der Waals surface area contributed by atoms with Crippen molar-refractivity contribution >= 4 is 33.3 Å². The molecule has 1 amide bonds. The first-order valence-corrected chi connectivity index (χ1v) is 7.34. The number of aryl methyl sites for hydroxylation is 1. The van der Waals surface area contributed by atoms with Crippen molar-refractivity contribution in [1.29, 1.82) is 0 Å². The van der Waals surface area contributed by atoms with E-state index in [2.05, 4.69) is 26.2 Å². The van der Waals surface area contributed by atoms with Crippen LogP contribution in [0.2, 0.25) is 0 Å². The van der Waals surface area contributed by atoms with Crippen molar-refractivity contribution in [3.63, 3.8) is 0 Å². The molecule has 5 heteroatoms. The van der Waals surface area contributed by atoms with Crippen molar-refractivity contribution in [3.05, 3.63) is 58.3 Å². The standard InChI is InChI=1S/C16H15BrN2O2/c1-11-7-13(17)9-14(8-11)19-16(21)5-4-15(20)12-3-2-6-18-10-12/h2-3,6-10H,4-5H2,1H3,(H,19,21). The van der Waals surface area contributed by atoms with Gasteiger partial charge in [0.15, 0.2) is 5.78 Å². The highest BCUT2D eigenvalue weighted by Crippen LogP contribution is 2.19. The number of benzene rings is 1. The SMILES string of the molecule is Cc1cc(Br)cc(NC(=O)CCC(=O)c2cccnc2)c1. The molecule has 1 aromatic heterocycles. The summed E-state index contributed by atoms with van der Waals surface area (Å²) in [6.07, 6.45) is 3.45. The minimum absolute atomic E-state index is 0.0799. The fourth-order valence-corrected chi connectivity index (χ4v) is 2.54. The van der Waals surface area contributed by atoms with Gasteiger partial charge in [-0.15, -0.1) is 0 Å². The lowest BCUT2D eigenvalue weighted by Gasteiger charge is -2.07. The molecule has 2 aromatic rings. The van der Waals surface area contributed by atoms with Gasteiger partial charge in [-0.2, -0.15) is 0 Å². The number of halogens is 1. The van der Waals surface area contributed by atoms with Crippen LogP contribution in [0.15, 0.2) is 47.2 Å². The van der Waals surface area contributed by atoms with Crippen LogP contribution in [0.1, 0.15) is 28.8 Å². The van der Waals surface area contributed by atoms with Crippen molar-refractivity contribution in [3.8, 4) is 0 Å². The van der Waals surface area contributed by atoms with Gasteiger partial charge in [-0.1, -0.05) is 15.9 Å². The predicted octanol–water partition coefficient (Wildman–Crippen LogP) is 3.75. The molecular weight excluding hydrogens is 332 g/mol. The number of aromatic nitrogens is 1. The first kappa shape index (κ1) is 15.4.